The zero-order chi connectivity index (χ0) is 16.6. The fraction of sp³-hybridized carbons (Fsp3) is 0.824. The topological polar surface area (TPSA) is 59.6 Å². The first kappa shape index (κ1) is 19.0. The van der Waals surface area contributed by atoms with Crippen LogP contribution in [0, 0.1) is 0 Å². The summed E-state index contributed by atoms with van der Waals surface area (Å²) in [5.41, 5.74) is -0.442. The molecule has 1 aliphatic heterocycles. The zero-order valence-corrected chi connectivity index (χ0v) is 14.7. The van der Waals surface area contributed by atoms with Gasteiger partial charge in [0.1, 0.15) is 5.60 Å². The molecule has 0 aromatic heterocycles. The minimum atomic E-state index is -0.454. The lowest BCUT2D eigenvalue weighted by Gasteiger charge is -2.38. The Morgan fingerprint density at radius 3 is 2.68 bits per heavy atom. The molecule has 0 radical (unpaired) electrons. The van der Waals surface area contributed by atoms with Gasteiger partial charge in [-0.1, -0.05) is 19.1 Å². The van der Waals surface area contributed by atoms with Gasteiger partial charge in [-0.15, -0.1) is 0 Å². The highest BCUT2D eigenvalue weighted by Gasteiger charge is 2.30. The maximum atomic E-state index is 11.4. The number of hydrogen-bond donors (Lipinski definition) is 2. The van der Waals surface area contributed by atoms with Crippen molar-refractivity contribution in [2.75, 3.05) is 19.7 Å². The second-order valence-electron chi connectivity index (χ2n) is 7.10. The zero-order valence-electron chi connectivity index (χ0n) is 14.7. The number of alkyl carbamates (subject to hydrolysis) is 1. The molecule has 2 N–H and O–H groups in total. The van der Waals surface area contributed by atoms with E-state index in [4.69, 9.17) is 9.47 Å². The molecule has 2 atom stereocenters. The van der Waals surface area contributed by atoms with Crippen molar-refractivity contribution < 1.29 is 14.3 Å². The van der Waals surface area contributed by atoms with Gasteiger partial charge in [-0.3, -0.25) is 0 Å². The van der Waals surface area contributed by atoms with E-state index in [1.165, 1.54) is 0 Å². The van der Waals surface area contributed by atoms with Crippen molar-refractivity contribution in [3.63, 3.8) is 0 Å². The monoisotopic (exact) mass is 312 g/mol. The molecule has 0 spiro atoms. The lowest BCUT2D eigenvalue weighted by molar-refractivity contribution is -0.0775. The molecule has 1 fully saturated rings. The third-order valence-corrected chi connectivity index (χ3v) is 3.80. The molecular weight excluding hydrogens is 280 g/mol. The summed E-state index contributed by atoms with van der Waals surface area (Å²) in [5, 5.41) is 6.23. The summed E-state index contributed by atoms with van der Waals surface area (Å²) in [5.74, 6) is 0. The number of carbonyl (C=O) groups excluding carboxylic acids is 1. The third-order valence-electron chi connectivity index (χ3n) is 3.80. The molecule has 1 heterocycles. The van der Waals surface area contributed by atoms with Crippen LogP contribution in [0.4, 0.5) is 4.79 Å². The Kier molecular flexibility index (Phi) is 7.36. The molecule has 0 bridgehead atoms. The molecular formula is C17H32N2O3. The summed E-state index contributed by atoms with van der Waals surface area (Å²) in [6, 6.07) is 0.502. The second kappa shape index (κ2) is 8.53. The minimum Gasteiger partial charge on any atom is -0.444 e. The van der Waals surface area contributed by atoms with Crippen molar-refractivity contribution in [2.24, 2.45) is 0 Å². The van der Waals surface area contributed by atoms with Crippen molar-refractivity contribution in [1.82, 2.24) is 10.6 Å². The van der Waals surface area contributed by atoms with Gasteiger partial charge in [0, 0.05) is 25.7 Å². The van der Waals surface area contributed by atoms with E-state index < -0.39 is 5.60 Å². The predicted octanol–water partition coefficient (Wildman–Crippen LogP) is 3.00. The number of hydrogen-bond acceptors (Lipinski definition) is 4. The maximum absolute atomic E-state index is 11.4. The van der Waals surface area contributed by atoms with Crippen molar-refractivity contribution in [1.29, 1.82) is 0 Å². The Morgan fingerprint density at radius 1 is 1.36 bits per heavy atom. The molecule has 2 unspecified atom stereocenters. The lowest BCUT2D eigenvalue weighted by atomic mass is 9.90. The van der Waals surface area contributed by atoms with Gasteiger partial charge in [-0.25, -0.2) is 4.79 Å². The van der Waals surface area contributed by atoms with Gasteiger partial charge in [0.25, 0.3) is 0 Å². The first-order chi connectivity index (χ1) is 10.2. The van der Waals surface area contributed by atoms with Gasteiger partial charge < -0.3 is 20.1 Å². The second-order valence-corrected chi connectivity index (χ2v) is 7.10. The van der Waals surface area contributed by atoms with E-state index in [1.807, 2.05) is 32.9 Å². The summed E-state index contributed by atoms with van der Waals surface area (Å²) in [6.07, 6.45) is 6.74. The summed E-state index contributed by atoms with van der Waals surface area (Å²) < 4.78 is 11.0. The highest BCUT2D eigenvalue weighted by atomic mass is 16.6. The van der Waals surface area contributed by atoms with Gasteiger partial charge in [-0.2, -0.15) is 0 Å². The average Bonchev–Trinajstić information content (AvgIpc) is 2.41. The van der Waals surface area contributed by atoms with Crippen LogP contribution in [-0.2, 0) is 9.47 Å². The first-order valence-electron chi connectivity index (χ1n) is 8.23. The van der Waals surface area contributed by atoms with Gasteiger partial charge >= 0.3 is 6.09 Å². The van der Waals surface area contributed by atoms with Crippen molar-refractivity contribution in [2.45, 2.75) is 71.1 Å². The van der Waals surface area contributed by atoms with Crippen molar-refractivity contribution in [3.8, 4) is 0 Å². The van der Waals surface area contributed by atoms with Crippen LogP contribution in [-0.4, -0.2) is 43.0 Å². The number of nitrogens with one attached hydrogen (secondary N) is 2. The minimum absolute atomic E-state index is 0.0118. The SMILES string of the molecule is CCC1(C)CC(NC/C=C/CNC(=O)OC(C)(C)C)CCO1. The van der Waals surface area contributed by atoms with Gasteiger partial charge in [0.15, 0.2) is 0 Å². The first-order valence-corrected chi connectivity index (χ1v) is 8.23. The van der Waals surface area contributed by atoms with E-state index in [0.717, 1.165) is 32.4 Å². The normalized spacial score (nSPS) is 26.1. The van der Waals surface area contributed by atoms with Crippen LogP contribution in [0.2, 0.25) is 0 Å². The van der Waals surface area contributed by atoms with Crippen LogP contribution < -0.4 is 10.6 Å². The van der Waals surface area contributed by atoms with Crippen LogP contribution in [0.3, 0.4) is 0 Å². The van der Waals surface area contributed by atoms with Crippen molar-refractivity contribution >= 4 is 6.09 Å². The summed E-state index contributed by atoms with van der Waals surface area (Å²) in [4.78, 5) is 11.4. The maximum Gasteiger partial charge on any atom is 0.407 e. The van der Waals surface area contributed by atoms with Crippen LogP contribution >= 0.6 is 0 Å². The molecule has 0 aromatic carbocycles. The molecule has 1 aliphatic rings. The summed E-state index contributed by atoms with van der Waals surface area (Å²) >= 11 is 0. The number of amides is 1. The van der Waals surface area contributed by atoms with Crippen LogP contribution in [0.5, 0.6) is 0 Å². The predicted molar refractivity (Wildman–Crippen MR) is 89.0 cm³/mol. The van der Waals surface area contributed by atoms with Crippen molar-refractivity contribution in [3.05, 3.63) is 12.2 Å². The molecule has 1 amide bonds. The van der Waals surface area contributed by atoms with E-state index in [9.17, 15) is 4.79 Å². The van der Waals surface area contributed by atoms with Gasteiger partial charge in [-0.05, 0) is 47.0 Å². The molecule has 0 aromatic rings. The Balaban J connectivity index is 2.15. The molecule has 1 rings (SSSR count). The Labute approximate surface area is 134 Å². The van der Waals surface area contributed by atoms with E-state index >= 15 is 0 Å². The van der Waals surface area contributed by atoms with Gasteiger partial charge in [0.2, 0.25) is 0 Å². The Morgan fingerprint density at radius 2 is 2.05 bits per heavy atom. The standard InChI is InChI=1S/C17H32N2O3/c1-6-17(5)13-14(9-12-21-17)18-10-7-8-11-19-15(20)22-16(2,3)4/h7-8,14,18H,6,9-13H2,1-5H3,(H,19,20)/b8-7+. The van der Waals surface area contributed by atoms with E-state index in [0.29, 0.717) is 12.6 Å². The lowest BCUT2D eigenvalue weighted by Crippen LogP contribution is -2.45. The quantitative estimate of drug-likeness (QED) is 0.740. The highest BCUT2D eigenvalue weighted by molar-refractivity contribution is 5.67. The van der Waals surface area contributed by atoms with Crippen LogP contribution in [0.15, 0.2) is 12.2 Å². The summed E-state index contributed by atoms with van der Waals surface area (Å²) in [7, 11) is 0. The van der Waals surface area contributed by atoms with E-state index in [1.54, 1.807) is 0 Å². The Hall–Kier alpha value is -1.07. The van der Waals surface area contributed by atoms with Gasteiger partial charge in [0.05, 0.1) is 5.60 Å². The van der Waals surface area contributed by atoms with Crippen LogP contribution in [0.25, 0.3) is 0 Å². The molecule has 5 nitrogen and oxygen atoms in total. The molecule has 22 heavy (non-hydrogen) atoms. The average molecular weight is 312 g/mol. The largest absolute Gasteiger partial charge is 0.444 e. The van der Waals surface area contributed by atoms with E-state index in [-0.39, 0.29) is 11.7 Å². The molecule has 0 saturated carbocycles. The number of rotatable bonds is 6. The molecule has 128 valence electrons. The smallest absolute Gasteiger partial charge is 0.407 e. The van der Waals surface area contributed by atoms with Crippen LogP contribution in [0.1, 0.15) is 53.9 Å². The highest BCUT2D eigenvalue weighted by Crippen LogP contribution is 2.27. The molecule has 1 saturated heterocycles. The number of carbonyl (C=O) groups is 1. The van der Waals surface area contributed by atoms with E-state index in [2.05, 4.69) is 24.5 Å². The molecule has 0 aliphatic carbocycles. The fourth-order valence-electron chi connectivity index (χ4n) is 2.41. The molecule has 5 heteroatoms. The number of ether oxygens (including phenoxy) is 2. The fourth-order valence-corrected chi connectivity index (χ4v) is 2.41. The summed E-state index contributed by atoms with van der Waals surface area (Å²) in [6.45, 7) is 12.0. The third kappa shape index (κ3) is 7.80. The Bertz CT molecular complexity index is 377.